The van der Waals surface area contributed by atoms with Gasteiger partial charge in [-0.2, -0.15) is 13.2 Å². The summed E-state index contributed by atoms with van der Waals surface area (Å²) in [6.45, 7) is 6.13. The van der Waals surface area contributed by atoms with Crippen LogP contribution in [0.1, 0.15) is 42.5 Å². The molecule has 0 saturated carbocycles. The summed E-state index contributed by atoms with van der Waals surface area (Å²) in [5.74, 6) is 0.292. The Kier molecular flexibility index (Phi) is 5.30. The Balaban J connectivity index is 2.54. The molecule has 2 rings (SSSR count). The number of rotatable bonds is 4. The fourth-order valence-corrected chi connectivity index (χ4v) is 2.36. The summed E-state index contributed by atoms with van der Waals surface area (Å²) in [7, 11) is 0. The maximum absolute atomic E-state index is 13.0. The second-order valence-electron chi connectivity index (χ2n) is 5.91. The van der Waals surface area contributed by atoms with Gasteiger partial charge in [0.1, 0.15) is 0 Å². The first kappa shape index (κ1) is 17.3. The molecule has 0 fully saturated rings. The van der Waals surface area contributed by atoms with E-state index in [9.17, 15) is 13.2 Å². The molecule has 2 aromatic rings. The van der Waals surface area contributed by atoms with Gasteiger partial charge in [0.25, 0.3) is 0 Å². The molecule has 1 unspecified atom stereocenters. The van der Waals surface area contributed by atoms with E-state index in [-0.39, 0.29) is 0 Å². The Morgan fingerprint density at radius 2 is 1.70 bits per heavy atom. The molecule has 0 spiro atoms. The summed E-state index contributed by atoms with van der Waals surface area (Å²) in [6.07, 6.45) is -1.33. The summed E-state index contributed by atoms with van der Waals surface area (Å²) in [4.78, 5) is 0. The van der Waals surface area contributed by atoms with Gasteiger partial charge >= 0.3 is 6.18 Å². The molecule has 0 bridgehead atoms. The van der Waals surface area contributed by atoms with Gasteiger partial charge in [0.05, 0.1) is 5.56 Å². The standard InChI is InChI=1S/C20H21F3/c1-4-14(2)12-19(16-10-8-15(3)9-11-16)17-6-5-7-18(13-17)20(21,22)23/h5-14H,4H2,1-3H3/b19-12-. The van der Waals surface area contributed by atoms with Crippen LogP contribution in [0.15, 0.2) is 54.6 Å². The first-order chi connectivity index (χ1) is 10.8. The monoisotopic (exact) mass is 318 g/mol. The van der Waals surface area contributed by atoms with E-state index in [0.29, 0.717) is 11.5 Å². The largest absolute Gasteiger partial charge is 0.416 e. The lowest BCUT2D eigenvalue weighted by Crippen LogP contribution is -2.05. The third-order valence-electron chi connectivity index (χ3n) is 3.96. The third-order valence-corrected chi connectivity index (χ3v) is 3.96. The van der Waals surface area contributed by atoms with Gasteiger partial charge in [-0.05, 0) is 41.7 Å². The quantitative estimate of drug-likeness (QED) is 0.604. The Hall–Kier alpha value is -2.03. The molecule has 0 aromatic heterocycles. The molecular weight excluding hydrogens is 297 g/mol. The van der Waals surface area contributed by atoms with Crippen molar-refractivity contribution in [2.24, 2.45) is 5.92 Å². The molecule has 0 nitrogen and oxygen atoms in total. The first-order valence-corrected chi connectivity index (χ1v) is 7.77. The highest BCUT2D eigenvalue weighted by atomic mass is 19.4. The van der Waals surface area contributed by atoms with Crippen LogP contribution in [-0.2, 0) is 6.18 Å². The number of halogens is 3. The minimum atomic E-state index is -4.33. The summed E-state index contributed by atoms with van der Waals surface area (Å²) >= 11 is 0. The van der Waals surface area contributed by atoms with Crippen LogP contribution < -0.4 is 0 Å². The van der Waals surface area contributed by atoms with Crippen LogP contribution in [-0.4, -0.2) is 0 Å². The lowest BCUT2D eigenvalue weighted by atomic mass is 9.92. The summed E-state index contributed by atoms with van der Waals surface area (Å²) in [5, 5.41) is 0. The van der Waals surface area contributed by atoms with Crippen molar-refractivity contribution in [2.45, 2.75) is 33.4 Å². The van der Waals surface area contributed by atoms with E-state index in [2.05, 4.69) is 19.9 Å². The number of allylic oxidation sites excluding steroid dienone is 1. The zero-order valence-corrected chi connectivity index (χ0v) is 13.6. The smallest absolute Gasteiger partial charge is 0.166 e. The van der Waals surface area contributed by atoms with Crippen LogP contribution >= 0.6 is 0 Å². The van der Waals surface area contributed by atoms with E-state index in [1.54, 1.807) is 6.07 Å². The molecule has 2 aromatic carbocycles. The van der Waals surface area contributed by atoms with Crippen molar-refractivity contribution in [3.63, 3.8) is 0 Å². The van der Waals surface area contributed by atoms with E-state index in [1.165, 1.54) is 12.1 Å². The molecule has 1 atom stereocenters. The van der Waals surface area contributed by atoms with Gasteiger partial charge in [0.2, 0.25) is 0 Å². The van der Waals surface area contributed by atoms with Crippen LogP contribution in [0.3, 0.4) is 0 Å². The van der Waals surface area contributed by atoms with Crippen molar-refractivity contribution >= 4 is 5.57 Å². The second kappa shape index (κ2) is 7.03. The van der Waals surface area contributed by atoms with Gasteiger partial charge in [-0.1, -0.05) is 68.3 Å². The van der Waals surface area contributed by atoms with Gasteiger partial charge in [-0.15, -0.1) is 0 Å². The Bertz CT molecular complexity index is 679. The van der Waals surface area contributed by atoms with E-state index in [4.69, 9.17) is 0 Å². The number of benzene rings is 2. The molecule has 0 saturated heterocycles. The summed E-state index contributed by atoms with van der Waals surface area (Å²) < 4.78 is 39.0. The van der Waals surface area contributed by atoms with Crippen LogP contribution in [0.5, 0.6) is 0 Å². The highest BCUT2D eigenvalue weighted by molar-refractivity contribution is 5.80. The number of hydrogen-bond donors (Lipinski definition) is 0. The highest BCUT2D eigenvalue weighted by Gasteiger charge is 2.30. The molecular formula is C20H21F3. The van der Waals surface area contributed by atoms with Crippen molar-refractivity contribution in [3.05, 3.63) is 76.9 Å². The molecule has 0 heterocycles. The Labute approximate surface area is 135 Å². The van der Waals surface area contributed by atoms with Crippen molar-refractivity contribution in [2.75, 3.05) is 0 Å². The topological polar surface area (TPSA) is 0 Å². The minimum absolute atomic E-state index is 0.292. The van der Waals surface area contributed by atoms with Gasteiger partial charge in [-0.25, -0.2) is 0 Å². The van der Waals surface area contributed by atoms with Gasteiger partial charge in [-0.3, -0.25) is 0 Å². The average molecular weight is 318 g/mol. The predicted octanol–water partition coefficient (Wildman–Crippen LogP) is 6.49. The molecule has 3 heteroatoms. The van der Waals surface area contributed by atoms with Crippen LogP contribution in [0.25, 0.3) is 5.57 Å². The highest BCUT2D eigenvalue weighted by Crippen LogP contribution is 2.33. The normalized spacial score (nSPS) is 13.9. The lowest BCUT2D eigenvalue weighted by Gasteiger charge is -2.14. The zero-order chi connectivity index (χ0) is 17.0. The van der Waals surface area contributed by atoms with Crippen molar-refractivity contribution in [3.8, 4) is 0 Å². The molecule has 0 amide bonds. The number of hydrogen-bond acceptors (Lipinski definition) is 0. The van der Waals surface area contributed by atoms with Crippen molar-refractivity contribution in [1.82, 2.24) is 0 Å². The molecule has 122 valence electrons. The summed E-state index contributed by atoms with van der Waals surface area (Å²) in [6, 6.07) is 13.4. The fraction of sp³-hybridized carbons (Fsp3) is 0.300. The molecule has 0 aliphatic rings. The van der Waals surface area contributed by atoms with Gasteiger partial charge in [0, 0.05) is 0 Å². The van der Waals surface area contributed by atoms with E-state index >= 15 is 0 Å². The molecule has 23 heavy (non-hydrogen) atoms. The Morgan fingerprint density at radius 3 is 2.26 bits per heavy atom. The minimum Gasteiger partial charge on any atom is -0.166 e. The van der Waals surface area contributed by atoms with Crippen molar-refractivity contribution in [1.29, 1.82) is 0 Å². The van der Waals surface area contributed by atoms with E-state index in [0.717, 1.165) is 29.2 Å². The van der Waals surface area contributed by atoms with Crippen molar-refractivity contribution < 1.29 is 13.2 Å². The van der Waals surface area contributed by atoms with Crippen LogP contribution in [0.2, 0.25) is 0 Å². The molecule has 0 radical (unpaired) electrons. The molecule has 0 aliphatic carbocycles. The summed E-state index contributed by atoms with van der Waals surface area (Å²) in [5.41, 5.74) is 2.91. The van der Waals surface area contributed by atoms with E-state index in [1.807, 2.05) is 31.2 Å². The Morgan fingerprint density at radius 1 is 1.04 bits per heavy atom. The maximum atomic E-state index is 13.0. The van der Waals surface area contributed by atoms with Gasteiger partial charge < -0.3 is 0 Å². The number of alkyl halides is 3. The van der Waals surface area contributed by atoms with E-state index < -0.39 is 11.7 Å². The molecule has 0 N–H and O–H groups in total. The fourth-order valence-electron chi connectivity index (χ4n) is 2.36. The number of aryl methyl sites for hydroxylation is 1. The lowest BCUT2D eigenvalue weighted by molar-refractivity contribution is -0.137. The predicted molar refractivity (Wildman–Crippen MR) is 89.2 cm³/mol. The van der Waals surface area contributed by atoms with Crippen LogP contribution in [0, 0.1) is 12.8 Å². The average Bonchev–Trinajstić information content (AvgIpc) is 2.52. The zero-order valence-electron chi connectivity index (χ0n) is 13.6. The second-order valence-corrected chi connectivity index (χ2v) is 5.91. The maximum Gasteiger partial charge on any atom is 0.416 e. The third kappa shape index (κ3) is 4.47. The van der Waals surface area contributed by atoms with Gasteiger partial charge in [0.15, 0.2) is 0 Å². The first-order valence-electron chi connectivity index (χ1n) is 7.77. The molecule has 0 aliphatic heterocycles. The van der Waals surface area contributed by atoms with Crippen LogP contribution in [0.4, 0.5) is 13.2 Å². The SMILES string of the molecule is CCC(C)/C=C(/c1ccc(C)cc1)c1cccc(C(F)(F)F)c1.